The molecule has 0 saturated heterocycles. The van der Waals surface area contributed by atoms with E-state index in [1.165, 1.54) is 0 Å². The quantitative estimate of drug-likeness (QED) is 0.789. The minimum atomic E-state index is -0.337. The molecule has 1 aromatic carbocycles. The van der Waals surface area contributed by atoms with Crippen LogP contribution >= 0.6 is 0 Å². The number of fused-ring (bicyclic) bond motifs is 1. The maximum Gasteiger partial charge on any atom is 0.233 e. The summed E-state index contributed by atoms with van der Waals surface area (Å²) in [5.74, 6) is 1.03. The average molecular weight is 268 g/mol. The fraction of sp³-hybridized carbons (Fsp3) is 0.267. The summed E-state index contributed by atoms with van der Waals surface area (Å²) in [6.45, 7) is 4.39. The van der Waals surface area contributed by atoms with Crippen LogP contribution in [0.4, 0.5) is 0 Å². The molecule has 0 spiro atoms. The lowest BCUT2D eigenvalue weighted by Crippen LogP contribution is -2.28. The summed E-state index contributed by atoms with van der Waals surface area (Å²) in [6, 6.07) is 9.96. The molecule has 3 aromatic rings. The van der Waals surface area contributed by atoms with Gasteiger partial charge in [0.15, 0.2) is 0 Å². The van der Waals surface area contributed by atoms with Crippen LogP contribution in [0.25, 0.3) is 22.3 Å². The van der Waals surface area contributed by atoms with Gasteiger partial charge in [-0.2, -0.15) is 4.98 Å². The number of nitrogens with zero attached hydrogens (tertiary/aromatic N) is 3. The van der Waals surface area contributed by atoms with Gasteiger partial charge in [0.1, 0.15) is 5.69 Å². The second-order valence-electron chi connectivity index (χ2n) is 5.39. The highest BCUT2D eigenvalue weighted by atomic mass is 16.5. The standard InChI is InChI=1S/C15H16N4O/c1-15(2,9-16)14-18-13(19-20-14)12-11-6-4-3-5-10(11)7-8-17-12/h3-8H,9,16H2,1-2H3. The lowest BCUT2D eigenvalue weighted by atomic mass is 9.94. The van der Waals surface area contributed by atoms with Crippen molar-refractivity contribution in [3.8, 4) is 11.5 Å². The molecule has 0 unspecified atom stereocenters. The van der Waals surface area contributed by atoms with Crippen LogP contribution in [0.15, 0.2) is 41.1 Å². The predicted octanol–water partition coefficient (Wildman–Crippen LogP) is 2.52. The number of rotatable bonds is 3. The number of hydrogen-bond donors (Lipinski definition) is 1. The van der Waals surface area contributed by atoms with E-state index in [1.54, 1.807) is 6.20 Å². The van der Waals surface area contributed by atoms with Crippen LogP contribution in [0, 0.1) is 0 Å². The van der Waals surface area contributed by atoms with Gasteiger partial charge < -0.3 is 10.3 Å². The van der Waals surface area contributed by atoms with Crippen molar-refractivity contribution in [3.05, 3.63) is 42.4 Å². The normalized spacial score (nSPS) is 11.9. The molecule has 5 heteroatoms. The van der Waals surface area contributed by atoms with Crippen LogP contribution < -0.4 is 5.73 Å². The molecule has 5 nitrogen and oxygen atoms in total. The minimum Gasteiger partial charge on any atom is -0.338 e. The number of nitrogens with two attached hydrogens (primary N) is 1. The first kappa shape index (κ1) is 12.7. The molecule has 20 heavy (non-hydrogen) atoms. The molecule has 0 bridgehead atoms. The zero-order chi connectivity index (χ0) is 14.2. The molecule has 102 valence electrons. The second kappa shape index (κ2) is 4.68. The van der Waals surface area contributed by atoms with E-state index in [2.05, 4.69) is 15.1 Å². The molecule has 2 heterocycles. The summed E-state index contributed by atoms with van der Waals surface area (Å²) in [7, 11) is 0. The van der Waals surface area contributed by atoms with Crippen LogP contribution in [0.1, 0.15) is 19.7 Å². The Morgan fingerprint density at radius 3 is 2.80 bits per heavy atom. The molecule has 0 radical (unpaired) electrons. The van der Waals surface area contributed by atoms with Gasteiger partial charge in [-0.15, -0.1) is 0 Å². The summed E-state index contributed by atoms with van der Waals surface area (Å²) >= 11 is 0. The molecule has 0 amide bonds. The van der Waals surface area contributed by atoms with Gasteiger partial charge >= 0.3 is 0 Å². The van der Waals surface area contributed by atoms with Crippen molar-refractivity contribution in [1.82, 2.24) is 15.1 Å². The van der Waals surface area contributed by atoms with E-state index < -0.39 is 0 Å². The van der Waals surface area contributed by atoms with Gasteiger partial charge in [-0.3, -0.25) is 4.98 Å². The smallest absolute Gasteiger partial charge is 0.233 e. The summed E-state index contributed by atoms with van der Waals surface area (Å²) in [5.41, 5.74) is 6.12. The SMILES string of the molecule is CC(C)(CN)c1nc(-c2nccc3ccccc23)no1. The third-order valence-electron chi connectivity index (χ3n) is 3.40. The van der Waals surface area contributed by atoms with Crippen molar-refractivity contribution >= 4 is 10.8 Å². The van der Waals surface area contributed by atoms with Crippen LogP contribution in [-0.4, -0.2) is 21.7 Å². The highest BCUT2D eigenvalue weighted by molar-refractivity contribution is 5.92. The first-order valence-corrected chi connectivity index (χ1v) is 6.50. The number of pyridine rings is 1. The molecule has 2 N–H and O–H groups in total. The van der Waals surface area contributed by atoms with Crippen LogP contribution in [-0.2, 0) is 5.41 Å². The van der Waals surface area contributed by atoms with Gasteiger partial charge in [-0.25, -0.2) is 0 Å². The molecule has 0 aliphatic carbocycles. The number of benzene rings is 1. The highest BCUT2D eigenvalue weighted by Gasteiger charge is 2.26. The average Bonchev–Trinajstić information content (AvgIpc) is 2.97. The Kier molecular flexibility index (Phi) is 2.99. The molecular weight excluding hydrogens is 252 g/mol. The van der Waals surface area contributed by atoms with Gasteiger partial charge in [0.25, 0.3) is 0 Å². The van der Waals surface area contributed by atoms with E-state index in [0.717, 1.165) is 16.5 Å². The molecule has 0 aliphatic heterocycles. The summed E-state index contributed by atoms with van der Waals surface area (Å²) in [6.07, 6.45) is 1.75. The molecular formula is C15H16N4O. The van der Waals surface area contributed by atoms with Crippen molar-refractivity contribution < 1.29 is 4.52 Å². The molecule has 3 rings (SSSR count). The molecule has 2 aromatic heterocycles. The maximum absolute atomic E-state index is 5.73. The lowest BCUT2D eigenvalue weighted by molar-refractivity contribution is 0.311. The van der Waals surface area contributed by atoms with E-state index >= 15 is 0 Å². The van der Waals surface area contributed by atoms with Crippen molar-refractivity contribution in [2.75, 3.05) is 6.54 Å². The first-order valence-electron chi connectivity index (χ1n) is 6.50. The highest BCUT2D eigenvalue weighted by Crippen LogP contribution is 2.27. The van der Waals surface area contributed by atoms with Gasteiger partial charge in [0, 0.05) is 18.1 Å². The zero-order valence-electron chi connectivity index (χ0n) is 11.5. The van der Waals surface area contributed by atoms with E-state index in [1.807, 2.05) is 44.2 Å². The Labute approximate surface area is 116 Å². The number of aromatic nitrogens is 3. The van der Waals surface area contributed by atoms with Gasteiger partial charge in [-0.05, 0) is 25.3 Å². The van der Waals surface area contributed by atoms with E-state index in [9.17, 15) is 0 Å². The van der Waals surface area contributed by atoms with Gasteiger partial charge in [0.05, 0.1) is 5.41 Å². The lowest BCUT2D eigenvalue weighted by Gasteiger charge is -2.15. The molecule has 0 atom stereocenters. The topological polar surface area (TPSA) is 77.8 Å². The summed E-state index contributed by atoms with van der Waals surface area (Å²) in [5, 5.41) is 6.15. The van der Waals surface area contributed by atoms with Crippen LogP contribution in [0.2, 0.25) is 0 Å². The third-order valence-corrected chi connectivity index (χ3v) is 3.40. The minimum absolute atomic E-state index is 0.337. The predicted molar refractivity (Wildman–Crippen MR) is 77.1 cm³/mol. The van der Waals surface area contributed by atoms with Gasteiger partial charge in [0.2, 0.25) is 11.7 Å². The van der Waals surface area contributed by atoms with Crippen LogP contribution in [0.5, 0.6) is 0 Å². The first-order chi connectivity index (χ1) is 9.62. The Morgan fingerprint density at radius 2 is 2.00 bits per heavy atom. The summed E-state index contributed by atoms with van der Waals surface area (Å²) in [4.78, 5) is 8.83. The maximum atomic E-state index is 5.73. The van der Waals surface area contributed by atoms with E-state index in [-0.39, 0.29) is 5.41 Å². The summed E-state index contributed by atoms with van der Waals surface area (Å²) < 4.78 is 5.34. The Bertz CT molecular complexity index is 743. The zero-order valence-corrected chi connectivity index (χ0v) is 11.5. The van der Waals surface area contributed by atoms with Crippen molar-refractivity contribution in [3.63, 3.8) is 0 Å². The number of hydrogen-bond acceptors (Lipinski definition) is 5. The fourth-order valence-electron chi connectivity index (χ4n) is 1.98. The Morgan fingerprint density at radius 1 is 1.20 bits per heavy atom. The van der Waals surface area contributed by atoms with Crippen molar-refractivity contribution in [2.24, 2.45) is 5.73 Å². The second-order valence-corrected chi connectivity index (χ2v) is 5.39. The molecule has 0 aliphatic rings. The van der Waals surface area contributed by atoms with Crippen molar-refractivity contribution in [2.45, 2.75) is 19.3 Å². The molecule has 0 saturated carbocycles. The fourth-order valence-corrected chi connectivity index (χ4v) is 1.98. The van der Waals surface area contributed by atoms with Gasteiger partial charge in [-0.1, -0.05) is 29.4 Å². The van der Waals surface area contributed by atoms with Crippen LogP contribution in [0.3, 0.4) is 0 Å². The molecule has 0 fully saturated rings. The Hall–Kier alpha value is -2.27. The largest absolute Gasteiger partial charge is 0.338 e. The monoisotopic (exact) mass is 268 g/mol. The van der Waals surface area contributed by atoms with Crippen molar-refractivity contribution in [1.29, 1.82) is 0 Å². The third kappa shape index (κ3) is 2.06. The van der Waals surface area contributed by atoms with E-state index in [4.69, 9.17) is 10.3 Å². The van der Waals surface area contributed by atoms with E-state index in [0.29, 0.717) is 18.3 Å². The Balaban J connectivity index is 2.13.